The fourth-order valence-corrected chi connectivity index (χ4v) is 3.14. The first-order valence-electron chi connectivity index (χ1n) is 9.20. The molecule has 3 heterocycles. The largest absolute Gasteiger partial charge is 0.350 e. The number of hydrogen-bond donors (Lipinski definition) is 1. The van der Waals surface area contributed by atoms with Gasteiger partial charge in [0.05, 0.1) is 24.5 Å². The maximum Gasteiger partial charge on any atom is 0.319 e. The second-order valence-electron chi connectivity index (χ2n) is 6.93. The first kappa shape index (κ1) is 18.9. The number of aromatic nitrogens is 3. The molecule has 0 aromatic carbocycles. The summed E-state index contributed by atoms with van der Waals surface area (Å²) in [6.07, 6.45) is 5.45. The number of urea groups is 1. The Morgan fingerprint density at radius 2 is 2.00 bits per heavy atom. The molecule has 3 amide bonds. The fraction of sp³-hybridized carbons (Fsp3) is 0.474. The Kier molecular flexibility index (Phi) is 6.05. The van der Waals surface area contributed by atoms with Crippen LogP contribution in [0.25, 0.3) is 0 Å². The van der Waals surface area contributed by atoms with Gasteiger partial charge in [0.1, 0.15) is 0 Å². The number of carbonyl (C=O) groups is 2. The van der Waals surface area contributed by atoms with Crippen LogP contribution in [0.5, 0.6) is 0 Å². The highest BCUT2D eigenvalue weighted by atomic mass is 16.2. The van der Waals surface area contributed by atoms with Crippen molar-refractivity contribution in [2.24, 2.45) is 0 Å². The molecule has 1 aliphatic heterocycles. The van der Waals surface area contributed by atoms with Crippen molar-refractivity contribution in [3.8, 4) is 0 Å². The highest BCUT2D eigenvalue weighted by Crippen LogP contribution is 2.15. The van der Waals surface area contributed by atoms with Crippen molar-refractivity contribution >= 4 is 11.9 Å². The summed E-state index contributed by atoms with van der Waals surface area (Å²) in [6.45, 7) is 2.45. The van der Waals surface area contributed by atoms with Crippen LogP contribution in [0.1, 0.15) is 29.8 Å². The standard InChI is InChI=1S/C19H26N6O2/c1-23(2)19(27)24-10-3-11-25-17(14-24)12-16(22-25)13-21-18(26)5-4-15-6-8-20-9-7-15/h6-9,12H,3-5,10-11,13-14H2,1-2H3,(H,21,26). The van der Waals surface area contributed by atoms with Crippen molar-refractivity contribution in [2.75, 3.05) is 20.6 Å². The Hall–Kier alpha value is -2.90. The van der Waals surface area contributed by atoms with E-state index in [-0.39, 0.29) is 11.9 Å². The molecule has 3 rings (SSSR count). The van der Waals surface area contributed by atoms with Gasteiger partial charge in [0.15, 0.2) is 0 Å². The highest BCUT2D eigenvalue weighted by Gasteiger charge is 2.21. The first-order chi connectivity index (χ1) is 13.0. The van der Waals surface area contributed by atoms with Crippen molar-refractivity contribution in [3.63, 3.8) is 0 Å². The molecule has 0 saturated heterocycles. The van der Waals surface area contributed by atoms with Gasteiger partial charge in [-0.2, -0.15) is 5.10 Å². The Morgan fingerprint density at radius 3 is 2.74 bits per heavy atom. The fourth-order valence-electron chi connectivity index (χ4n) is 3.14. The monoisotopic (exact) mass is 370 g/mol. The first-order valence-corrected chi connectivity index (χ1v) is 9.20. The zero-order valence-corrected chi connectivity index (χ0v) is 15.9. The molecule has 0 aliphatic carbocycles. The summed E-state index contributed by atoms with van der Waals surface area (Å²) in [7, 11) is 3.52. The molecule has 144 valence electrons. The van der Waals surface area contributed by atoms with Crippen LogP contribution in [0, 0.1) is 0 Å². The SMILES string of the molecule is CN(C)C(=O)N1CCCn2nc(CNC(=O)CCc3ccncc3)cc2C1. The molecule has 27 heavy (non-hydrogen) atoms. The smallest absolute Gasteiger partial charge is 0.319 e. The van der Waals surface area contributed by atoms with Crippen LogP contribution in [-0.2, 0) is 30.8 Å². The van der Waals surface area contributed by atoms with Gasteiger partial charge < -0.3 is 15.1 Å². The average molecular weight is 370 g/mol. The molecule has 2 aromatic rings. The number of amides is 3. The summed E-state index contributed by atoms with van der Waals surface area (Å²) in [5.41, 5.74) is 2.92. The number of carbonyl (C=O) groups excluding carboxylic acids is 2. The Balaban J connectivity index is 1.53. The number of nitrogens with zero attached hydrogens (tertiary/aromatic N) is 5. The summed E-state index contributed by atoms with van der Waals surface area (Å²) >= 11 is 0. The van der Waals surface area contributed by atoms with Gasteiger partial charge >= 0.3 is 6.03 Å². The molecule has 0 fully saturated rings. The van der Waals surface area contributed by atoms with Crippen LogP contribution in [-0.4, -0.2) is 57.1 Å². The van der Waals surface area contributed by atoms with Crippen LogP contribution in [0.3, 0.4) is 0 Å². The zero-order valence-electron chi connectivity index (χ0n) is 15.9. The van der Waals surface area contributed by atoms with Crippen molar-refractivity contribution in [3.05, 3.63) is 47.5 Å². The van der Waals surface area contributed by atoms with E-state index in [0.29, 0.717) is 25.9 Å². The lowest BCUT2D eigenvalue weighted by molar-refractivity contribution is -0.121. The molecule has 1 aliphatic rings. The molecule has 0 unspecified atom stereocenters. The number of hydrogen-bond acceptors (Lipinski definition) is 4. The van der Waals surface area contributed by atoms with Gasteiger partial charge in [-0.1, -0.05) is 0 Å². The highest BCUT2D eigenvalue weighted by molar-refractivity contribution is 5.76. The van der Waals surface area contributed by atoms with E-state index in [0.717, 1.165) is 36.5 Å². The van der Waals surface area contributed by atoms with Gasteiger partial charge in [-0.25, -0.2) is 4.79 Å². The van der Waals surface area contributed by atoms with Gasteiger partial charge in [-0.15, -0.1) is 0 Å². The van der Waals surface area contributed by atoms with Crippen LogP contribution in [0.2, 0.25) is 0 Å². The van der Waals surface area contributed by atoms with E-state index < -0.39 is 0 Å². The lowest BCUT2D eigenvalue weighted by Gasteiger charge is -2.23. The lowest BCUT2D eigenvalue weighted by atomic mass is 10.1. The number of nitrogens with one attached hydrogen (secondary N) is 1. The summed E-state index contributed by atoms with van der Waals surface area (Å²) in [5.74, 6) is -0.000538. The summed E-state index contributed by atoms with van der Waals surface area (Å²) in [4.78, 5) is 31.7. The predicted molar refractivity (Wildman–Crippen MR) is 101 cm³/mol. The van der Waals surface area contributed by atoms with Gasteiger partial charge in [0, 0.05) is 46.0 Å². The van der Waals surface area contributed by atoms with Crippen LogP contribution >= 0.6 is 0 Å². The van der Waals surface area contributed by atoms with Crippen molar-refractivity contribution in [1.82, 2.24) is 29.9 Å². The maximum absolute atomic E-state index is 12.2. The third-order valence-electron chi connectivity index (χ3n) is 4.57. The van der Waals surface area contributed by atoms with Crippen LogP contribution < -0.4 is 5.32 Å². The molecule has 2 aromatic heterocycles. The minimum atomic E-state index is -0.000538. The topological polar surface area (TPSA) is 83.4 Å². The molecule has 1 N–H and O–H groups in total. The maximum atomic E-state index is 12.2. The Labute approximate surface area is 159 Å². The number of pyridine rings is 1. The third-order valence-corrected chi connectivity index (χ3v) is 4.57. The molecule has 8 nitrogen and oxygen atoms in total. The molecule has 0 bridgehead atoms. The van der Waals surface area contributed by atoms with Crippen molar-refractivity contribution < 1.29 is 9.59 Å². The molecule has 0 atom stereocenters. The van der Waals surface area contributed by atoms with E-state index in [4.69, 9.17) is 0 Å². The van der Waals surface area contributed by atoms with E-state index in [2.05, 4.69) is 15.4 Å². The summed E-state index contributed by atoms with van der Waals surface area (Å²) in [5, 5.41) is 7.51. The predicted octanol–water partition coefficient (Wildman–Crippen LogP) is 1.41. The van der Waals surface area contributed by atoms with Gasteiger partial charge in [0.2, 0.25) is 5.91 Å². The van der Waals surface area contributed by atoms with Gasteiger partial charge in [-0.3, -0.25) is 14.5 Å². The normalized spacial score (nSPS) is 13.6. The van der Waals surface area contributed by atoms with Crippen molar-refractivity contribution in [2.45, 2.75) is 38.9 Å². The van der Waals surface area contributed by atoms with E-state index in [1.165, 1.54) is 0 Å². The van der Waals surface area contributed by atoms with E-state index in [1.54, 1.807) is 31.4 Å². The minimum absolute atomic E-state index is 0.000538. The number of rotatable bonds is 5. The van der Waals surface area contributed by atoms with E-state index in [1.807, 2.05) is 27.8 Å². The summed E-state index contributed by atoms with van der Waals surface area (Å²) < 4.78 is 1.95. The van der Waals surface area contributed by atoms with Crippen LogP contribution in [0.15, 0.2) is 30.6 Å². The average Bonchev–Trinajstić information content (AvgIpc) is 2.95. The molecule has 0 saturated carbocycles. The molecule has 0 spiro atoms. The number of aryl methyl sites for hydroxylation is 2. The quantitative estimate of drug-likeness (QED) is 0.863. The Morgan fingerprint density at radius 1 is 1.22 bits per heavy atom. The molecule has 8 heteroatoms. The third kappa shape index (κ3) is 5.06. The van der Waals surface area contributed by atoms with Crippen molar-refractivity contribution in [1.29, 1.82) is 0 Å². The molecule has 0 radical (unpaired) electrons. The second-order valence-corrected chi connectivity index (χ2v) is 6.93. The number of fused-ring (bicyclic) bond motifs is 1. The lowest BCUT2D eigenvalue weighted by Crippen LogP contribution is -2.38. The van der Waals surface area contributed by atoms with Gasteiger partial charge in [-0.05, 0) is 36.6 Å². The second kappa shape index (κ2) is 8.66. The van der Waals surface area contributed by atoms with Crippen LogP contribution in [0.4, 0.5) is 4.79 Å². The Bertz CT molecular complexity index is 787. The summed E-state index contributed by atoms with van der Waals surface area (Å²) in [6, 6.07) is 5.82. The minimum Gasteiger partial charge on any atom is -0.350 e. The molecular weight excluding hydrogens is 344 g/mol. The zero-order chi connectivity index (χ0) is 19.2. The van der Waals surface area contributed by atoms with E-state index in [9.17, 15) is 9.59 Å². The van der Waals surface area contributed by atoms with Gasteiger partial charge in [0.25, 0.3) is 0 Å². The van der Waals surface area contributed by atoms with E-state index >= 15 is 0 Å². The molecular formula is C19H26N6O2.